The van der Waals surface area contributed by atoms with Crippen molar-refractivity contribution in [2.45, 2.75) is 20.4 Å². The number of hydrogen-bond acceptors (Lipinski definition) is 3. The Bertz CT molecular complexity index is 876. The second-order valence-corrected chi connectivity index (χ2v) is 5.90. The molecule has 4 nitrogen and oxygen atoms in total. The Morgan fingerprint density at radius 1 is 1.00 bits per heavy atom. The van der Waals surface area contributed by atoms with Gasteiger partial charge in [-0.15, -0.1) is 0 Å². The van der Waals surface area contributed by atoms with Gasteiger partial charge in [0.2, 0.25) is 5.88 Å². The summed E-state index contributed by atoms with van der Waals surface area (Å²) in [6, 6.07) is 18.8. The predicted octanol–water partition coefficient (Wildman–Crippen LogP) is 4.42. The fraction of sp³-hybridized carbons (Fsp3) is 0.143. The number of pyridine rings is 1. The number of aryl methyl sites for hydroxylation is 2. The van der Waals surface area contributed by atoms with E-state index < -0.39 is 0 Å². The van der Waals surface area contributed by atoms with E-state index in [9.17, 15) is 4.79 Å². The van der Waals surface area contributed by atoms with Crippen LogP contribution in [-0.2, 0) is 6.54 Å². The zero-order valence-electron chi connectivity index (χ0n) is 14.3. The highest BCUT2D eigenvalue weighted by Crippen LogP contribution is 2.20. The Labute approximate surface area is 147 Å². The molecule has 0 saturated carbocycles. The van der Waals surface area contributed by atoms with Crippen LogP contribution in [0.4, 0.5) is 0 Å². The average molecular weight is 332 g/mol. The number of rotatable bonds is 5. The zero-order chi connectivity index (χ0) is 17.6. The molecule has 0 atom stereocenters. The first kappa shape index (κ1) is 16.7. The lowest BCUT2D eigenvalue weighted by Gasteiger charge is -2.09. The molecule has 1 N–H and O–H groups in total. The minimum atomic E-state index is -0.0841. The normalized spacial score (nSPS) is 10.3. The molecule has 25 heavy (non-hydrogen) atoms. The summed E-state index contributed by atoms with van der Waals surface area (Å²) in [4.78, 5) is 16.4. The van der Waals surface area contributed by atoms with Gasteiger partial charge in [-0.1, -0.05) is 24.3 Å². The summed E-state index contributed by atoms with van der Waals surface area (Å²) in [5, 5.41) is 2.94. The molecule has 0 aliphatic rings. The summed E-state index contributed by atoms with van der Waals surface area (Å²) >= 11 is 0. The van der Waals surface area contributed by atoms with Crippen molar-refractivity contribution >= 4 is 5.91 Å². The molecule has 2 aromatic carbocycles. The highest BCUT2D eigenvalue weighted by atomic mass is 16.5. The minimum absolute atomic E-state index is 0.0841. The lowest BCUT2D eigenvalue weighted by Crippen LogP contribution is -2.22. The van der Waals surface area contributed by atoms with Crippen molar-refractivity contribution in [1.29, 1.82) is 0 Å². The van der Waals surface area contributed by atoms with Gasteiger partial charge < -0.3 is 10.1 Å². The van der Waals surface area contributed by atoms with Crippen molar-refractivity contribution in [1.82, 2.24) is 10.3 Å². The molecular weight excluding hydrogens is 312 g/mol. The summed E-state index contributed by atoms with van der Waals surface area (Å²) in [6.45, 7) is 4.47. The van der Waals surface area contributed by atoms with Crippen LogP contribution >= 0.6 is 0 Å². The fourth-order valence-corrected chi connectivity index (χ4v) is 2.41. The maximum absolute atomic E-state index is 12.3. The topological polar surface area (TPSA) is 51.2 Å². The molecule has 1 aromatic heterocycles. The molecule has 0 bridgehead atoms. The lowest BCUT2D eigenvalue weighted by molar-refractivity contribution is 0.0951. The summed E-state index contributed by atoms with van der Waals surface area (Å²) in [5.41, 5.74) is 3.92. The van der Waals surface area contributed by atoms with Gasteiger partial charge in [0.1, 0.15) is 5.75 Å². The van der Waals surface area contributed by atoms with Crippen molar-refractivity contribution < 1.29 is 9.53 Å². The third kappa shape index (κ3) is 4.44. The van der Waals surface area contributed by atoms with Crippen LogP contribution in [0, 0.1) is 13.8 Å². The Morgan fingerprint density at radius 3 is 2.64 bits per heavy atom. The number of carbonyl (C=O) groups excluding carboxylic acids is 1. The van der Waals surface area contributed by atoms with E-state index in [0.717, 1.165) is 11.1 Å². The molecule has 4 heteroatoms. The van der Waals surface area contributed by atoms with Crippen LogP contribution in [0.25, 0.3) is 0 Å². The number of nitrogens with zero attached hydrogens (tertiary/aromatic N) is 1. The van der Waals surface area contributed by atoms with Gasteiger partial charge in [0.25, 0.3) is 5.91 Å². The lowest BCUT2D eigenvalue weighted by atomic mass is 10.1. The molecule has 0 aliphatic carbocycles. The summed E-state index contributed by atoms with van der Waals surface area (Å²) in [7, 11) is 0. The number of hydrogen-bond donors (Lipinski definition) is 1. The van der Waals surface area contributed by atoms with Crippen LogP contribution < -0.4 is 10.1 Å². The zero-order valence-corrected chi connectivity index (χ0v) is 14.3. The number of carbonyl (C=O) groups is 1. The Kier molecular flexibility index (Phi) is 5.09. The Balaban J connectivity index is 1.64. The number of amides is 1. The smallest absolute Gasteiger partial charge is 0.251 e. The molecule has 0 aliphatic heterocycles. The molecule has 1 heterocycles. The molecule has 126 valence electrons. The average Bonchev–Trinajstić information content (AvgIpc) is 2.63. The van der Waals surface area contributed by atoms with Crippen LogP contribution in [0.15, 0.2) is 66.9 Å². The van der Waals surface area contributed by atoms with E-state index in [1.54, 1.807) is 12.3 Å². The number of aromatic nitrogens is 1. The Hall–Kier alpha value is -3.14. The maximum Gasteiger partial charge on any atom is 0.251 e. The largest absolute Gasteiger partial charge is 0.439 e. The predicted molar refractivity (Wildman–Crippen MR) is 97.8 cm³/mol. The second kappa shape index (κ2) is 7.62. The van der Waals surface area contributed by atoms with E-state index in [0.29, 0.717) is 23.7 Å². The quantitative estimate of drug-likeness (QED) is 0.752. The van der Waals surface area contributed by atoms with E-state index >= 15 is 0 Å². The van der Waals surface area contributed by atoms with Crippen LogP contribution in [0.2, 0.25) is 0 Å². The highest BCUT2D eigenvalue weighted by Gasteiger charge is 2.07. The van der Waals surface area contributed by atoms with Gasteiger partial charge in [0.15, 0.2) is 0 Å². The second-order valence-electron chi connectivity index (χ2n) is 5.90. The first-order chi connectivity index (χ1) is 12.1. The summed E-state index contributed by atoms with van der Waals surface area (Å²) < 4.78 is 5.72. The third-order valence-electron chi connectivity index (χ3n) is 3.98. The number of ether oxygens (including phenoxy) is 1. The van der Waals surface area contributed by atoms with Gasteiger partial charge in [-0.25, -0.2) is 4.98 Å². The van der Waals surface area contributed by atoms with Gasteiger partial charge in [-0.2, -0.15) is 0 Å². The molecule has 3 aromatic rings. The van der Waals surface area contributed by atoms with E-state index in [-0.39, 0.29) is 5.91 Å². The third-order valence-corrected chi connectivity index (χ3v) is 3.98. The van der Waals surface area contributed by atoms with Crippen molar-refractivity contribution in [3.8, 4) is 11.6 Å². The highest BCUT2D eigenvalue weighted by molar-refractivity contribution is 5.94. The fourth-order valence-electron chi connectivity index (χ4n) is 2.41. The van der Waals surface area contributed by atoms with E-state index in [2.05, 4.69) is 10.3 Å². The van der Waals surface area contributed by atoms with Crippen LogP contribution in [0.3, 0.4) is 0 Å². The monoisotopic (exact) mass is 332 g/mol. The molecule has 0 radical (unpaired) electrons. The summed E-state index contributed by atoms with van der Waals surface area (Å²) in [5.74, 6) is 1.15. The van der Waals surface area contributed by atoms with Gasteiger partial charge in [0.05, 0.1) is 0 Å². The van der Waals surface area contributed by atoms with Crippen LogP contribution in [-0.4, -0.2) is 10.9 Å². The SMILES string of the molecule is Cc1ccc(C(=O)NCc2cccc(Oc3ccccn3)c2)cc1C. The van der Waals surface area contributed by atoms with Crippen molar-refractivity contribution in [3.05, 3.63) is 89.1 Å². The minimum Gasteiger partial charge on any atom is -0.439 e. The van der Waals surface area contributed by atoms with E-state index in [4.69, 9.17) is 4.74 Å². The van der Waals surface area contributed by atoms with Crippen molar-refractivity contribution in [3.63, 3.8) is 0 Å². The van der Waals surface area contributed by atoms with Crippen LogP contribution in [0.1, 0.15) is 27.0 Å². The molecule has 3 rings (SSSR count). The number of nitrogens with one attached hydrogen (secondary N) is 1. The van der Waals surface area contributed by atoms with Gasteiger partial charge in [-0.05, 0) is 60.9 Å². The number of benzene rings is 2. The van der Waals surface area contributed by atoms with Crippen molar-refractivity contribution in [2.24, 2.45) is 0 Å². The maximum atomic E-state index is 12.3. The van der Waals surface area contributed by atoms with Gasteiger partial charge in [0, 0.05) is 24.4 Å². The van der Waals surface area contributed by atoms with Gasteiger partial charge >= 0.3 is 0 Å². The standard InChI is InChI=1S/C21H20N2O2/c1-15-9-10-18(12-16(15)2)21(24)23-14-17-6-5-7-19(13-17)25-20-8-3-4-11-22-20/h3-13H,14H2,1-2H3,(H,23,24). The molecule has 1 amide bonds. The molecule has 0 unspecified atom stereocenters. The van der Waals surface area contributed by atoms with Crippen molar-refractivity contribution in [2.75, 3.05) is 0 Å². The molecule has 0 spiro atoms. The summed E-state index contributed by atoms with van der Waals surface area (Å²) in [6.07, 6.45) is 1.68. The van der Waals surface area contributed by atoms with E-state index in [1.807, 2.05) is 68.4 Å². The first-order valence-electron chi connectivity index (χ1n) is 8.15. The Morgan fingerprint density at radius 2 is 1.88 bits per heavy atom. The van der Waals surface area contributed by atoms with E-state index in [1.165, 1.54) is 5.56 Å². The molecular formula is C21H20N2O2. The van der Waals surface area contributed by atoms with Gasteiger partial charge in [-0.3, -0.25) is 4.79 Å². The molecule has 0 saturated heterocycles. The molecule has 0 fully saturated rings. The first-order valence-corrected chi connectivity index (χ1v) is 8.15. The van der Waals surface area contributed by atoms with Crippen LogP contribution in [0.5, 0.6) is 11.6 Å².